The van der Waals surface area contributed by atoms with Crippen molar-refractivity contribution in [1.82, 2.24) is 14.8 Å². The Kier molecular flexibility index (Phi) is 4.46. The molecule has 0 fully saturated rings. The van der Waals surface area contributed by atoms with Gasteiger partial charge in [-0.15, -0.1) is 0 Å². The van der Waals surface area contributed by atoms with Crippen molar-refractivity contribution < 1.29 is 13.9 Å². The quantitative estimate of drug-likeness (QED) is 0.500. The molecular weight excluding hydrogens is 342 g/mol. The Morgan fingerprint density at radius 1 is 1.11 bits per heavy atom. The molecule has 0 saturated carbocycles. The lowest BCUT2D eigenvalue weighted by Gasteiger charge is -2.03. The first kappa shape index (κ1) is 17.0. The summed E-state index contributed by atoms with van der Waals surface area (Å²) in [7, 11) is 0. The van der Waals surface area contributed by atoms with Crippen molar-refractivity contribution in [2.24, 2.45) is 0 Å². The largest absolute Gasteiger partial charge is 0.458 e. The summed E-state index contributed by atoms with van der Waals surface area (Å²) in [5.41, 5.74) is 3.54. The number of aryl methyl sites for hydroxylation is 1. The van der Waals surface area contributed by atoms with Gasteiger partial charge in [0.2, 0.25) is 5.89 Å². The third kappa shape index (κ3) is 3.46. The summed E-state index contributed by atoms with van der Waals surface area (Å²) in [5, 5.41) is 5.72. The van der Waals surface area contributed by atoms with Gasteiger partial charge in [-0.3, -0.25) is 9.48 Å². The van der Waals surface area contributed by atoms with Crippen molar-refractivity contribution in [2.75, 3.05) is 0 Å². The molecule has 0 N–H and O–H groups in total. The van der Waals surface area contributed by atoms with E-state index in [4.69, 9.17) is 14.3 Å². The van der Waals surface area contributed by atoms with E-state index in [-0.39, 0.29) is 12.6 Å². The van der Waals surface area contributed by atoms with Crippen LogP contribution >= 0.6 is 0 Å². The number of nitrogens with zero attached hydrogens (tertiary/aromatic N) is 3. The highest BCUT2D eigenvalue weighted by Gasteiger charge is 2.19. The van der Waals surface area contributed by atoms with Crippen molar-refractivity contribution in [1.29, 1.82) is 0 Å². The van der Waals surface area contributed by atoms with Gasteiger partial charge in [0.05, 0.1) is 17.8 Å². The number of oxazole rings is 1. The molecule has 0 aliphatic heterocycles. The molecule has 2 aromatic carbocycles. The van der Waals surface area contributed by atoms with Crippen molar-refractivity contribution in [3.05, 3.63) is 71.6 Å². The molecule has 0 unspecified atom stereocenters. The fourth-order valence-corrected chi connectivity index (χ4v) is 2.99. The SMILES string of the molecule is CC(=O)OCc1oc(-c2nn(Cc3ccccc3)c3ccccc23)nc1C. The van der Waals surface area contributed by atoms with Gasteiger partial charge in [-0.25, -0.2) is 4.98 Å². The second-order valence-corrected chi connectivity index (χ2v) is 6.32. The molecule has 0 radical (unpaired) electrons. The highest BCUT2D eigenvalue weighted by atomic mass is 16.5. The van der Waals surface area contributed by atoms with E-state index in [2.05, 4.69) is 17.1 Å². The molecule has 136 valence electrons. The van der Waals surface area contributed by atoms with Crippen LogP contribution in [0.2, 0.25) is 0 Å². The van der Waals surface area contributed by atoms with Gasteiger partial charge in [-0.2, -0.15) is 5.10 Å². The van der Waals surface area contributed by atoms with Gasteiger partial charge in [-0.05, 0) is 18.6 Å². The summed E-state index contributed by atoms with van der Waals surface area (Å²) in [4.78, 5) is 15.6. The van der Waals surface area contributed by atoms with Crippen molar-refractivity contribution in [3.63, 3.8) is 0 Å². The molecule has 0 aliphatic rings. The average Bonchev–Trinajstić information content (AvgIpc) is 3.22. The van der Waals surface area contributed by atoms with Gasteiger partial charge in [-0.1, -0.05) is 48.5 Å². The molecule has 0 bridgehead atoms. The maximum absolute atomic E-state index is 11.1. The number of fused-ring (bicyclic) bond motifs is 1. The predicted molar refractivity (Wildman–Crippen MR) is 101 cm³/mol. The third-order valence-electron chi connectivity index (χ3n) is 4.33. The Morgan fingerprint density at radius 2 is 1.85 bits per heavy atom. The zero-order chi connectivity index (χ0) is 18.8. The monoisotopic (exact) mass is 361 g/mol. The van der Waals surface area contributed by atoms with Crippen LogP contribution in [0.5, 0.6) is 0 Å². The Hall–Kier alpha value is -3.41. The molecule has 0 amide bonds. The maximum Gasteiger partial charge on any atom is 0.303 e. The van der Waals surface area contributed by atoms with E-state index in [0.717, 1.165) is 16.5 Å². The van der Waals surface area contributed by atoms with Crippen LogP contribution in [0.15, 0.2) is 59.0 Å². The third-order valence-corrected chi connectivity index (χ3v) is 4.33. The van der Waals surface area contributed by atoms with E-state index in [0.29, 0.717) is 29.6 Å². The van der Waals surface area contributed by atoms with E-state index in [1.807, 2.05) is 54.1 Å². The minimum atomic E-state index is -0.357. The molecule has 6 heteroatoms. The summed E-state index contributed by atoms with van der Waals surface area (Å²) >= 11 is 0. The highest BCUT2D eigenvalue weighted by molar-refractivity contribution is 5.91. The van der Waals surface area contributed by atoms with E-state index in [1.54, 1.807) is 0 Å². The van der Waals surface area contributed by atoms with Crippen LogP contribution in [0.4, 0.5) is 0 Å². The average molecular weight is 361 g/mol. The Bertz CT molecular complexity index is 1100. The molecule has 6 nitrogen and oxygen atoms in total. The molecule has 4 aromatic rings. The fourth-order valence-electron chi connectivity index (χ4n) is 2.99. The summed E-state index contributed by atoms with van der Waals surface area (Å²) in [5.74, 6) is 0.601. The first-order valence-corrected chi connectivity index (χ1v) is 8.71. The first-order valence-electron chi connectivity index (χ1n) is 8.71. The van der Waals surface area contributed by atoms with Crippen LogP contribution in [0.1, 0.15) is 23.9 Å². The van der Waals surface area contributed by atoms with Crippen LogP contribution in [0.3, 0.4) is 0 Å². The van der Waals surface area contributed by atoms with Gasteiger partial charge in [0.25, 0.3) is 0 Å². The van der Waals surface area contributed by atoms with Gasteiger partial charge in [0.15, 0.2) is 18.1 Å². The molecule has 4 rings (SSSR count). The second-order valence-electron chi connectivity index (χ2n) is 6.32. The second kappa shape index (κ2) is 7.07. The number of para-hydroxylation sites is 1. The lowest BCUT2D eigenvalue weighted by atomic mass is 10.2. The molecular formula is C21H19N3O3. The lowest BCUT2D eigenvalue weighted by Crippen LogP contribution is -2.01. The predicted octanol–water partition coefficient (Wildman–Crippen LogP) is 4.11. The zero-order valence-corrected chi connectivity index (χ0v) is 15.2. The number of ether oxygens (including phenoxy) is 1. The highest BCUT2D eigenvalue weighted by Crippen LogP contribution is 2.29. The normalized spacial score (nSPS) is 11.0. The molecule has 27 heavy (non-hydrogen) atoms. The minimum absolute atomic E-state index is 0.0663. The number of benzene rings is 2. The number of aromatic nitrogens is 3. The molecule has 0 aliphatic carbocycles. The van der Waals surface area contributed by atoms with E-state index in [1.165, 1.54) is 6.92 Å². The Labute approximate surface area is 156 Å². The minimum Gasteiger partial charge on any atom is -0.458 e. The van der Waals surface area contributed by atoms with Crippen molar-refractivity contribution in [3.8, 4) is 11.6 Å². The number of rotatable bonds is 5. The standard InChI is InChI=1S/C21H19N3O3/c1-14-19(13-26-15(2)25)27-21(22-14)20-17-10-6-7-11-18(17)24(23-20)12-16-8-4-3-5-9-16/h3-11H,12-13H2,1-2H3. The summed E-state index contributed by atoms with van der Waals surface area (Å²) < 4.78 is 12.8. The molecule has 2 heterocycles. The molecule has 2 aromatic heterocycles. The maximum atomic E-state index is 11.1. The lowest BCUT2D eigenvalue weighted by molar-refractivity contribution is -0.142. The van der Waals surface area contributed by atoms with E-state index in [9.17, 15) is 4.79 Å². The van der Waals surface area contributed by atoms with Gasteiger partial charge < -0.3 is 9.15 Å². The van der Waals surface area contributed by atoms with E-state index >= 15 is 0 Å². The number of carbonyl (C=O) groups excluding carboxylic acids is 1. The number of carbonyl (C=O) groups is 1. The molecule has 0 atom stereocenters. The number of esters is 1. The summed E-state index contributed by atoms with van der Waals surface area (Å²) in [6.07, 6.45) is 0. The number of hydrogen-bond donors (Lipinski definition) is 0. The van der Waals surface area contributed by atoms with Gasteiger partial charge >= 0.3 is 5.97 Å². The van der Waals surface area contributed by atoms with Crippen molar-refractivity contribution >= 4 is 16.9 Å². The van der Waals surface area contributed by atoms with Crippen LogP contribution in [-0.2, 0) is 22.7 Å². The summed E-state index contributed by atoms with van der Waals surface area (Å²) in [6, 6.07) is 18.2. The van der Waals surface area contributed by atoms with Crippen LogP contribution in [-0.4, -0.2) is 20.7 Å². The molecule has 0 spiro atoms. The Balaban J connectivity index is 1.74. The van der Waals surface area contributed by atoms with Crippen LogP contribution < -0.4 is 0 Å². The number of hydrogen-bond acceptors (Lipinski definition) is 5. The molecule has 0 saturated heterocycles. The first-order chi connectivity index (χ1) is 13.1. The summed E-state index contributed by atoms with van der Waals surface area (Å²) in [6.45, 7) is 3.92. The topological polar surface area (TPSA) is 70.2 Å². The zero-order valence-electron chi connectivity index (χ0n) is 15.2. The van der Waals surface area contributed by atoms with Crippen molar-refractivity contribution in [2.45, 2.75) is 27.0 Å². The van der Waals surface area contributed by atoms with Gasteiger partial charge in [0, 0.05) is 12.3 Å². The Morgan fingerprint density at radius 3 is 2.63 bits per heavy atom. The fraction of sp³-hybridized carbons (Fsp3) is 0.190. The van der Waals surface area contributed by atoms with Crippen LogP contribution in [0, 0.1) is 6.92 Å². The van der Waals surface area contributed by atoms with E-state index < -0.39 is 0 Å². The van der Waals surface area contributed by atoms with Gasteiger partial charge in [0.1, 0.15) is 0 Å². The van der Waals surface area contributed by atoms with Crippen LogP contribution in [0.25, 0.3) is 22.5 Å². The smallest absolute Gasteiger partial charge is 0.303 e.